The zero-order valence-electron chi connectivity index (χ0n) is 12.3. The molecule has 0 bridgehead atoms. The predicted octanol–water partition coefficient (Wildman–Crippen LogP) is 2.60. The van der Waals surface area contributed by atoms with Crippen molar-refractivity contribution in [3.63, 3.8) is 0 Å². The Bertz CT molecular complexity index is 616. The molecule has 0 saturated carbocycles. The number of carbonyl (C=O) groups is 1. The van der Waals surface area contributed by atoms with Crippen molar-refractivity contribution in [2.75, 3.05) is 24.3 Å². The molecule has 0 atom stereocenters. The van der Waals surface area contributed by atoms with Crippen LogP contribution in [-0.4, -0.2) is 30.2 Å². The summed E-state index contributed by atoms with van der Waals surface area (Å²) in [5.41, 5.74) is 4.30. The number of aromatic nitrogens is 2. The van der Waals surface area contributed by atoms with Gasteiger partial charge in [-0.05, 0) is 43.2 Å². The Morgan fingerprint density at radius 1 is 1.35 bits per heavy atom. The summed E-state index contributed by atoms with van der Waals surface area (Å²) in [6, 6.07) is 7.71. The fourth-order valence-electron chi connectivity index (χ4n) is 1.91. The number of aromatic amines is 1. The van der Waals surface area contributed by atoms with Crippen LogP contribution in [0, 0.1) is 6.92 Å². The Kier molecular flexibility index (Phi) is 4.08. The first-order valence-electron chi connectivity index (χ1n) is 6.65. The van der Waals surface area contributed by atoms with Crippen LogP contribution in [0.3, 0.4) is 0 Å². The van der Waals surface area contributed by atoms with Crippen LogP contribution >= 0.6 is 0 Å². The minimum absolute atomic E-state index is 0.193. The van der Waals surface area contributed by atoms with E-state index in [2.05, 4.69) is 15.5 Å². The SMILES string of the molecule is CCc1cc(C(=O)Nc2ccc(N(C)C)cc2C)n[nH]1. The van der Waals surface area contributed by atoms with Crippen LogP contribution in [0.5, 0.6) is 0 Å². The molecule has 20 heavy (non-hydrogen) atoms. The van der Waals surface area contributed by atoms with Crippen LogP contribution in [0.4, 0.5) is 11.4 Å². The van der Waals surface area contributed by atoms with Gasteiger partial charge in [0.05, 0.1) is 0 Å². The fourth-order valence-corrected chi connectivity index (χ4v) is 1.91. The number of nitrogens with one attached hydrogen (secondary N) is 2. The topological polar surface area (TPSA) is 61.0 Å². The predicted molar refractivity (Wildman–Crippen MR) is 81.4 cm³/mol. The number of hydrogen-bond donors (Lipinski definition) is 2. The molecule has 1 aromatic heterocycles. The number of H-pyrrole nitrogens is 1. The summed E-state index contributed by atoms with van der Waals surface area (Å²) in [5, 5.41) is 9.75. The van der Waals surface area contributed by atoms with Crippen LogP contribution in [0.2, 0.25) is 0 Å². The van der Waals surface area contributed by atoms with Gasteiger partial charge in [0.25, 0.3) is 5.91 Å². The Hall–Kier alpha value is -2.30. The van der Waals surface area contributed by atoms with Crippen LogP contribution in [0.25, 0.3) is 0 Å². The zero-order chi connectivity index (χ0) is 14.7. The second kappa shape index (κ2) is 5.77. The average molecular weight is 272 g/mol. The molecule has 0 aliphatic heterocycles. The van der Waals surface area contributed by atoms with Crippen molar-refractivity contribution in [2.45, 2.75) is 20.3 Å². The molecule has 2 aromatic rings. The van der Waals surface area contributed by atoms with E-state index >= 15 is 0 Å². The summed E-state index contributed by atoms with van der Waals surface area (Å²) in [5.74, 6) is -0.193. The maximum atomic E-state index is 12.1. The van der Waals surface area contributed by atoms with Gasteiger partial charge in [0, 0.05) is 31.2 Å². The molecule has 2 N–H and O–H groups in total. The van der Waals surface area contributed by atoms with Crippen LogP contribution in [0.15, 0.2) is 24.3 Å². The molecule has 0 aliphatic carbocycles. The van der Waals surface area contributed by atoms with Crippen molar-refractivity contribution in [1.29, 1.82) is 0 Å². The van der Waals surface area contributed by atoms with E-state index < -0.39 is 0 Å². The van der Waals surface area contributed by atoms with Gasteiger partial charge in [-0.2, -0.15) is 5.10 Å². The van der Waals surface area contributed by atoms with Crippen LogP contribution in [-0.2, 0) is 6.42 Å². The first kappa shape index (κ1) is 14.1. The van der Waals surface area contributed by atoms with E-state index in [4.69, 9.17) is 0 Å². The summed E-state index contributed by atoms with van der Waals surface area (Å²) in [6.45, 7) is 3.99. The number of rotatable bonds is 4. The van der Waals surface area contributed by atoms with Gasteiger partial charge in [-0.1, -0.05) is 6.92 Å². The molecule has 0 radical (unpaired) electrons. The molecule has 5 heteroatoms. The summed E-state index contributed by atoms with van der Waals surface area (Å²) in [4.78, 5) is 14.1. The lowest BCUT2D eigenvalue weighted by molar-refractivity contribution is 0.102. The van der Waals surface area contributed by atoms with Crippen molar-refractivity contribution in [3.8, 4) is 0 Å². The first-order valence-corrected chi connectivity index (χ1v) is 6.65. The van der Waals surface area contributed by atoms with Gasteiger partial charge < -0.3 is 10.2 Å². The molecular formula is C15H20N4O. The highest BCUT2D eigenvalue weighted by Crippen LogP contribution is 2.21. The molecular weight excluding hydrogens is 252 g/mol. The van der Waals surface area contributed by atoms with E-state index in [1.54, 1.807) is 6.07 Å². The van der Waals surface area contributed by atoms with E-state index in [-0.39, 0.29) is 5.91 Å². The van der Waals surface area contributed by atoms with Gasteiger partial charge in [0.1, 0.15) is 0 Å². The summed E-state index contributed by atoms with van der Waals surface area (Å²) in [6.07, 6.45) is 0.830. The second-order valence-electron chi connectivity index (χ2n) is 4.98. The number of anilines is 2. The lowest BCUT2D eigenvalue weighted by Gasteiger charge is -2.15. The smallest absolute Gasteiger partial charge is 0.276 e. The molecule has 1 heterocycles. The number of aryl methyl sites for hydroxylation is 2. The Morgan fingerprint density at radius 3 is 2.65 bits per heavy atom. The van der Waals surface area contributed by atoms with E-state index in [9.17, 15) is 4.79 Å². The normalized spacial score (nSPS) is 10.4. The number of amides is 1. The molecule has 1 aromatic carbocycles. The standard InChI is InChI=1S/C15H20N4O/c1-5-11-9-14(18-17-11)15(20)16-13-7-6-12(19(3)4)8-10(13)2/h6-9H,5H2,1-4H3,(H,16,20)(H,17,18). The van der Waals surface area contributed by atoms with Crippen molar-refractivity contribution in [2.24, 2.45) is 0 Å². The molecule has 0 spiro atoms. The number of hydrogen-bond acceptors (Lipinski definition) is 3. The average Bonchev–Trinajstić information content (AvgIpc) is 2.89. The highest BCUT2D eigenvalue weighted by Gasteiger charge is 2.11. The largest absolute Gasteiger partial charge is 0.378 e. The molecule has 5 nitrogen and oxygen atoms in total. The summed E-state index contributed by atoms with van der Waals surface area (Å²) in [7, 11) is 3.98. The van der Waals surface area contributed by atoms with Crippen LogP contribution in [0.1, 0.15) is 28.7 Å². The Morgan fingerprint density at radius 2 is 2.10 bits per heavy atom. The third-order valence-electron chi connectivity index (χ3n) is 3.22. The van der Waals surface area contributed by atoms with E-state index in [1.807, 2.05) is 51.0 Å². The lowest BCUT2D eigenvalue weighted by atomic mass is 10.1. The molecule has 0 aliphatic rings. The quantitative estimate of drug-likeness (QED) is 0.899. The van der Waals surface area contributed by atoms with E-state index in [0.29, 0.717) is 5.69 Å². The number of benzene rings is 1. The molecule has 106 valence electrons. The second-order valence-corrected chi connectivity index (χ2v) is 4.98. The van der Waals surface area contributed by atoms with Gasteiger partial charge >= 0.3 is 0 Å². The van der Waals surface area contributed by atoms with Gasteiger partial charge in [-0.25, -0.2) is 0 Å². The Balaban J connectivity index is 2.15. The summed E-state index contributed by atoms with van der Waals surface area (Å²) < 4.78 is 0. The maximum absolute atomic E-state index is 12.1. The molecule has 0 unspecified atom stereocenters. The Labute approximate surface area is 119 Å². The fraction of sp³-hybridized carbons (Fsp3) is 0.333. The van der Waals surface area contributed by atoms with Gasteiger partial charge in [0.15, 0.2) is 5.69 Å². The first-order chi connectivity index (χ1) is 9.51. The molecule has 0 saturated heterocycles. The van der Waals surface area contributed by atoms with E-state index in [0.717, 1.165) is 29.1 Å². The van der Waals surface area contributed by atoms with E-state index in [1.165, 1.54) is 0 Å². The lowest BCUT2D eigenvalue weighted by Crippen LogP contribution is -2.14. The summed E-state index contributed by atoms with van der Waals surface area (Å²) >= 11 is 0. The highest BCUT2D eigenvalue weighted by molar-refractivity contribution is 6.03. The van der Waals surface area contributed by atoms with Crippen molar-refractivity contribution in [1.82, 2.24) is 10.2 Å². The van der Waals surface area contributed by atoms with Crippen LogP contribution < -0.4 is 10.2 Å². The number of carbonyl (C=O) groups excluding carboxylic acids is 1. The highest BCUT2D eigenvalue weighted by atomic mass is 16.1. The van der Waals surface area contributed by atoms with Gasteiger partial charge in [-0.15, -0.1) is 0 Å². The molecule has 0 fully saturated rings. The minimum atomic E-state index is -0.193. The van der Waals surface area contributed by atoms with Gasteiger partial charge in [0.2, 0.25) is 0 Å². The zero-order valence-corrected chi connectivity index (χ0v) is 12.3. The monoisotopic (exact) mass is 272 g/mol. The molecule has 2 rings (SSSR count). The van der Waals surface area contributed by atoms with Crippen molar-refractivity contribution in [3.05, 3.63) is 41.2 Å². The maximum Gasteiger partial charge on any atom is 0.276 e. The minimum Gasteiger partial charge on any atom is -0.378 e. The van der Waals surface area contributed by atoms with Gasteiger partial charge in [-0.3, -0.25) is 9.89 Å². The third kappa shape index (κ3) is 2.99. The number of nitrogens with zero attached hydrogens (tertiary/aromatic N) is 2. The van der Waals surface area contributed by atoms with Crippen molar-refractivity contribution >= 4 is 17.3 Å². The van der Waals surface area contributed by atoms with Crippen molar-refractivity contribution < 1.29 is 4.79 Å². The third-order valence-corrected chi connectivity index (χ3v) is 3.22. The molecule has 1 amide bonds.